The smallest absolute Gasteiger partial charge is 0.222 e. The van der Waals surface area contributed by atoms with E-state index in [-0.39, 0.29) is 12.0 Å². The summed E-state index contributed by atoms with van der Waals surface area (Å²) >= 11 is 0. The normalized spacial score (nSPS) is 19.0. The van der Waals surface area contributed by atoms with Crippen molar-refractivity contribution in [3.8, 4) is 0 Å². The van der Waals surface area contributed by atoms with Crippen LogP contribution < -0.4 is 5.32 Å². The number of carbonyl (C=O) groups is 1. The number of hydrogen-bond acceptors (Lipinski definition) is 3. The summed E-state index contributed by atoms with van der Waals surface area (Å²) in [6.45, 7) is 6.96. The van der Waals surface area contributed by atoms with E-state index in [1.807, 2.05) is 11.8 Å². The van der Waals surface area contributed by atoms with Crippen LogP contribution in [0.4, 0.5) is 0 Å². The van der Waals surface area contributed by atoms with Crippen molar-refractivity contribution in [3.05, 3.63) is 0 Å². The van der Waals surface area contributed by atoms with Gasteiger partial charge in [0.05, 0.1) is 6.10 Å². The van der Waals surface area contributed by atoms with Crippen LogP contribution in [0.1, 0.15) is 39.5 Å². The molecule has 1 aliphatic heterocycles. The first kappa shape index (κ1) is 14.5. The third-order valence-electron chi connectivity index (χ3n) is 3.58. The van der Waals surface area contributed by atoms with Gasteiger partial charge in [-0.3, -0.25) is 4.79 Å². The third kappa shape index (κ3) is 4.64. The zero-order valence-electron chi connectivity index (χ0n) is 11.4. The molecule has 1 saturated heterocycles. The number of carbonyl (C=O) groups excluding carboxylic acids is 1. The van der Waals surface area contributed by atoms with Gasteiger partial charge in [0, 0.05) is 26.1 Å². The van der Waals surface area contributed by atoms with Crippen LogP contribution in [0.2, 0.25) is 0 Å². The Hall–Kier alpha value is -0.610. The second-order valence-corrected chi connectivity index (χ2v) is 4.75. The highest BCUT2D eigenvalue weighted by Crippen LogP contribution is 2.14. The van der Waals surface area contributed by atoms with E-state index in [0.717, 1.165) is 38.9 Å². The lowest BCUT2D eigenvalue weighted by Crippen LogP contribution is -2.46. The molecule has 0 aromatic carbocycles. The lowest BCUT2D eigenvalue weighted by molar-refractivity contribution is -0.134. The summed E-state index contributed by atoms with van der Waals surface area (Å²) in [6, 6.07) is 0.437. The van der Waals surface area contributed by atoms with Crippen LogP contribution in [-0.2, 0) is 9.53 Å². The van der Waals surface area contributed by atoms with Gasteiger partial charge in [-0.05, 0) is 46.2 Å². The zero-order chi connectivity index (χ0) is 12.7. The summed E-state index contributed by atoms with van der Waals surface area (Å²) in [5.41, 5.74) is 0. The summed E-state index contributed by atoms with van der Waals surface area (Å²) in [5, 5.41) is 3.33. The molecule has 1 rings (SSSR count). The highest BCUT2D eigenvalue weighted by molar-refractivity contribution is 5.76. The fourth-order valence-corrected chi connectivity index (χ4v) is 2.34. The van der Waals surface area contributed by atoms with Crippen molar-refractivity contribution in [2.24, 2.45) is 0 Å². The van der Waals surface area contributed by atoms with Gasteiger partial charge in [-0.25, -0.2) is 0 Å². The van der Waals surface area contributed by atoms with Gasteiger partial charge in [0.25, 0.3) is 0 Å². The maximum absolute atomic E-state index is 12.1. The fourth-order valence-electron chi connectivity index (χ4n) is 2.34. The average molecular weight is 242 g/mol. The Morgan fingerprint density at radius 1 is 1.47 bits per heavy atom. The Bertz CT molecular complexity index is 227. The molecule has 0 aromatic heterocycles. The molecule has 0 aromatic rings. The Kier molecular flexibility index (Phi) is 6.52. The van der Waals surface area contributed by atoms with Crippen molar-refractivity contribution in [1.29, 1.82) is 0 Å². The SMILES string of the molecule is CCN(C(=O)CCC(C)OC)C1CCNCC1. The molecule has 0 radical (unpaired) electrons. The minimum Gasteiger partial charge on any atom is -0.382 e. The maximum atomic E-state index is 12.1. The van der Waals surface area contributed by atoms with Gasteiger partial charge in [0.2, 0.25) is 5.91 Å². The molecule has 0 spiro atoms. The molecule has 1 fully saturated rings. The predicted octanol–water partition coefficient (Wildman–Crippen LogP) is 1.40. The van der Waals surface area contributed by atoms with E-state index in [4.69, 9.17) is 4.74 Å². The highest BCUT2D eigenvalue weighted by atomic mass is 16.5. The fraction of sp³-hybridized carbons (Fsp3) is 0.923. The molecule has 1 atom stereocenters. The average Bonchev–Trinajstić information content (AvgIpc) is 2.38. The molecule has 100 valence electrons. The van der Waals surface area contributed by atoms with Gasteiger partial charge in [0.1, 0.15) is 0 Å². The largest absolute Gasteiger partial charge is 0.382 e. The summed E-state index contributed by atoms with van der Waals surface area (Å²) < 4.78 is 5.18. The van der Waals surface area contributed by atoms with Crippen LogP contribution in [0.25, 0.3) is 0 Å². The molecule has 1 heterocycles. The summed E-state index contributed by atoms with van der Waals surface area (Å²) in [7, 11) is 1.69. The zero-order valence-corrected chi connectivity index (χ0v) is 11.4. The monoisotopic (exact) mass is 242 g/mol. The first-order valence-electron chi connectivity index (χ1n) is 6.72. The Balaban J connectivity index is 2.39. The Labute approximate surface area is 105 Å². The number of amides is 1. The molecule has 1 amide bonds. The van der Waals surface area contributed by atoms with Crippen LogP contribution in [0, 0.1) is 0 Å². The van der Waals surface area contributed by atoms with Crippen LogP contribution in [-0.4, -0.2) is 49.7 Å². The van der Waals surface area contributed by atoms with E-state index in [1.165, 1.54) is 0 Å². The minimum atomic E-state index is 0.172. The van der Waals surface area contributed by atoms with E-state index in [2.05, 4.69) is 12.2 Å². The maximum Gasteiger partial charge on any atom is 0.222 e. The van der Waals surface area contributed by atoms with E-state index < -0.39 is 0 Å². The predicted molar refractivity (Wildman–Crippen MR) is 69.0 cm³/mol. The third-order valence-corrected chi connectivity index (χ3v) is 3.58. The summed E-state index contributed by atoms with van der Waals surface area (Å²) in [4.78, 5) is 14.2. The Morgan fingerprint density at radius 3 is 2.65 bits per heavy atom. The van der Waals surface area contributed by atoms with Gasteiger partial charge in [-0.2, -0.15) is 0 Å². The molecule has 4 nitrogen and oxygen atoms in total. The van der Waals surface area contributed by atoms with E-state index in [1.54, 1.807) is 7.11 Å². The molecule has 0 saturated carbocycles. The number of hydrogen-bond donors (Lipinski definition) is 1. The van der Waals surface area contributed by atoms with Crippen LogP contribution in [0.3, 0.4) is 0 Å². The van der Waals surface area contributed by atoms with Gasteiger partial charge in [-0.1, -0.05) is 0 Å². The number of ether oxygens (including phenoxy) is 1. The van der Waals surface area contributed by atoms with Gasteiger partial charge in [0.15, 0.2) is 0 Å². The first-order valence-corrected chi connectivity index (χ1v) is 6.72. The van der Waals surface area contributed by atoms with Crippen LogP contribution in [0.15, 0.2) is 0 Å². The number of rotatable bonds is 6. The first-order chi connectivity index (χ1) is 8.19. The van der Waals surface area contributed by atoms with Crippen molar-refractivity contribution < 1.29 is 9.53 Å². The molecule has 0 aliphatic carbocycles. The van der Waals surface area contributed by atoms with Gasteiger partial charge >= 0.3 is 0 Å². The van der Waals surface area contributed by atoms with Crippen molar-refractivity contribution in [2.45, 2.75) is 51.7 Å². The second-order valence-electron chi connectivity index (χ2n) is 4.75. The lowest BCUT2D eigenvalue weighted by Gasteiger charge is -2.34. The number of piperidine rings is 1. The van der Waals surface area contributed by atoms with E-state index >= 15 is 0 Å². The Morgan fingerprint density at radius 2 is 2.12 bits per heavy atom. The molecule has 1 unspecified atom stereocenters. The lowest BCUT2D eigenvalue weighted by atomic mass is 10.0. The van der Waals surface area contributed by atoms with Crippen molar-refractivity contribution >= 4 is 5.91 Å². The molecular weight excluding hydrogens is 216 g/mol. The number of nitrogens with one attached hydrogen (secondary N) is 1. The topological polar surface area (TPSA) is 41.6 Å². The standard InChI is InChI=1S/C13H26N2O2/c1-4-15(12-7-9-14-10-8-12)13(16)6-5-11(2)17-3/h11-12,14H,4-10H2,1-3H3. The van der Waals surface area contributed by atoms with Gasteiger partial charge < -0.3 is 15.0 Å². The van der Waals surface area contributed by atoms with Crippen molar-refractivity contribution in [3.63, 3.8) is 0 Å². The van der Waals surface area contributed by atoms with Gasteiger partial charge in [-0.15, -0.1) is 0 Å². The second kappa shape index (κ2) is 7.67. The van der Waals surface area contributed by atoms with Crippen molar-refractivity contribution in [1.82, 2.24) is 10.2 Å². The van der Waals surface area contributed by atoms with Crippen LogP contribution in [0.5, 0.6) is 0 Å². The molecule has 0 bridgehead atoms. The number of nitrogens with zero attached hydrogens (tertiary/aromatic N) is 1. The molecule has 1 aliphatic rings. The highest BCUT2D eigenvalue weighted by Gasteiger charge is 2.23. The molecule has 1 N–H and O–H groups in total. The quantitative estimate of drug-likeness (QED) is 0.765. The summed E-state index contributed by atoms with van der Waals surface area (Å²) in [6.07, 6.45) is 3.76. The van der Waals surface area contributed by atoms with E-state index in [9.17, 15) is 4.79 Å². The number of methoxy groups -OCH3 is 1. The minimum absolute atomic E-state index is 0.172. The summed E-state index contributed by atoms with van der Waals surface area (Å²) in [5.74, 6) is 0.281. The van der Waals surface area contributed by atoms with Crippen LogP contribution >= 0.6 is 0 Å². The molecule has 4 heteroatoms. The van der Waals surface area contributed by atoms with Crippen molar-refractivity contribution in [2.75, 3.05) is 26.7 Å². The van der Waals surface area contributed by atoms with E-state index in [0.29, 0.717) is 12.5 Å². The molecule has 17 heavy (non-hydrogen) atoms. The molecular formula is C13H26N2O2.